The Hall–Kier alpha value is -0.120. The highest BCUT2D eigenvalue weighted by Crippen LogP contribution is 2.27. The van der Waals surface area contributed by atoms with Crippen molar-refractivity contribution in [2.24, 2.45) is 11.7 Å². The van der Waals surface area contributed by atoms with Gasteiger partial charge in [-0.15, -0.1) is 0 Å². The number of nitrogens with zero attached hydrogens (tertiary/aromatic N) is 2. The molecule has 1 aliphatic heterocycles. The predicted octanol–water partition coefficient (Wildman–Crippen LogP) is 1.78. The second-order valence-corrected chi connectivity index (χ2v) is 5.97. The maximum Gasteiger partial charge on any atom is 0.0353 e. The molecule has 3 nitrogen and oxygen atoms in total. The first-order valence-corrected chi connectivity index (χ1v) is 7.17. The summed E-state index contributed by atoms with van der Waals surface area (Å²) in [5.74, 6) is 0.781. The van der Waals surface area contributed by atoms with E-state index in [-0.39, 0.29) is 5.54 Å². The lowest BCUT2D eigenvalue weighted by Crippen LogP contribution is -2.58. The third-order valence-corrected chi connectivity index (χ3v) is 4.47. The number of piperidine rings is 1. The Morgan fingerprint density at radius 1 is 1.29 bits per heavy atom. The highest BCUT2D eigenvalue weighted by Gasteiger charge is 2.36. The molecule has 1 heterocycles. The fraction of sp³-hybridized carbons (Fsp3) is 1.00. The van der Waals surface area contributed by atoms with Gasteiger partial charge < -0.3 is 10.6 Å². The van der Waals surface area contributed by atoms with Crippen LogP contribution in [-0.4, -0.2) is 55.1 Å². The molecule has 1 saturated heterocycles. The van der Waals surface area contributed by atoms with Crippen LogP contribution in [0, 0.1) is 5.92 Å². The molecule has 3 heteroatoms. The number of likely N-dealkylation sites (tertiary alicyclic amines) is 1. The lowest BCUT2D eigenvalue weighted by Gasteiger charge is -2.47. The molecule has 0 amide bonds. The smallest absolute Gasteiger partial charge is 0.0353 e. The summed E-state index contributed by atoms with van der Waals surface area (Å²) in [7, 11) is 2.26. The van der Waals surface area contributed by atoms with Crippen LogP contribution in [0.3, 0.4) is 0 Å². The molecular formula is C14H31N3. The molecule has 0 aromatic carbocycles. The second-order valence-electron chi connectivity index (χ2n) is 5.97. The van der Waals surface area contributed by atoms with Crippen molar-refractivity contribution in [1.29, 1.82) is 0 Å². The molecule has 1 fully saturated rings. The summed E-state index contributed by atoms with van der Waals surface area (Å²) in [4.78, 5) is 5.06. The van der Waals surface area contributed by atoms with E-state index in [1.807, 2.05) is 0 Å². The van der Waals surface area contributed by atoms with Crippen LogP contribution >= 0.6 is 0 Å². The van der Waals surface area contributed by atoms with Gasteiger partial charge in [0.25, 0.3) is 0 Å². The van der Waals surface area contributed by atoms with E-state index in [0.29, 0.717) is 0 Å². The molecule has 0 atom stereocenters. The molecule has 0 aromatic rings. The summed E-state index contributed by atoms with van der Waals surface area (Å²) in [6.45, 7) is 12.4. The van der Waals surface area contributed by atoms with Crippen molar-refractivity contribution in [3.63, 3.8) is 0 Å². The summed E-state index contributed by atoms with van der Waals surface area (Å²) in [5, 5.41) is 0. The maximum absolute atomic E-state index is 6.07. The van der Waals surface area contributed by atoms with Crippen LogP contribution in [0.1, 0.15) is 40.0 Å². The lowest BCUT2D eigenvalue weighted by atomic mass is 9.85. The maximum atomic E-state index is 6.07. The number of hydrogen-bond donors (Lipinski definition) is 1. The minimum atomic E-state index is 0.264. The Morgan fingerprint density at radius 2 is 1.88 bits per heavy atom. The number of nitrogens with two attached hydrogens (primary N) is 1. The predicted molar refractivity (Wildman–Crippen MR) is 75.2 cm³/mol. The summed E-state index contributed by atoms with van der Waals surface area (Å²) in [5.41, 5.74) is 6.34. The Morgan fingerprint density at radius 3 is 2.29 bits per heavy atom. The third-order valence-electron chi connectivity index (χ3n) is 4.47. The van der Waals surface area contributed by atoms with Crippen molar-refractivity contribution in [3.05, 3.63) is 0 Å². The zero-order valence-corrected chi connectivity index (χ0v) is 12.2. The summed E-state index contributed by atoms with van der Waals surface area (Å²) in [6.07, 6.45) is 3.73. The molecule has 0 unspecified atom stereocenters. The third kappa shape index (κ3) is 3.94. The Balaban J connectivity index is 2.51. The van der Waals surface area contributed by atoms with E-state index in [2.05, 4.69) is 37.6 Å². The van der Waals surface area contributed by atoms with Crippen LogP contribution < -0.4 is 5.73 Å². The van der Waals surface area contributed by atoms with E-state index < -0.39 is 0 Å². The van der Waals surface area contributed by atoms with Crippen LogP contribution in [0.4, 0.5) is 0 Å². The van der Waals surface area contributed by atoms with Gasteiger partial charge in [0.05, 0.1) is 0 Å². The largest absolute Gasteiger partial charge is 0.329 e. The lowest BCUT2D eigenvalue weighted by molar-refractivity contribution is 0.0443. The van der Waals surface area contributed by atoms with Gasteiger partial charge in [-0.1, -0.05) is 20.8 Å². The van der Waals surface area contributed by atoms with Crippen LogP contribution in [0.25, 0.3) is 0 Å². The van der Waals surface area contributed by atoms with Gasteiger partial charge in [0.2, 0.25) is 0 Å². The SMILES string of the molecule is CCN1CCC(CN)(N(C)CCC(C)C)CC1. The van der Waals surface area contributed by atoms with Gasteiger partial charge >= 0.3 is 0 Å². The average Bonchev–Trinajstić information content (AvgIpc) is 2.35. The summed E-state index contributed by atoms with van der Waals surface area (Å²) in [6, 6.07) is 0. The van der Waals surface area contributed by atoms with Gasteiger partial charge in [0, 0.05) is 12.1 Å². The van der Waals surface area contributed by atoms with Crippen molar-refractivity contribution < 1.29 is 0 Å². The number of likely N-dealkylation sites (N-methyl/N-ethyl adjacent to an activating group) is 1. The molecule has 1 aliphatic rings. The minimum absolute atomic E-state index is 0.264. The number of hydrogen-bond acceptors (Lipinski definition) is 3. The van der Waals surface area contributed by atoms with E-state index in [0.717, 1.165) is 12.5 Å². The molecule has 0 bridgehead atoms. The van der Waals surface area contributed by atoms with E-state index in [1.54, 1.807) is 0 Å². The van der Waals surface area contributed by atoms with Crippen molar-refractivity contribution in [1.82, 2.24) is 9.80 Å². The van der Waals surface area contributed by atoms with Gasteiger partial charge in [-0.25, -0.2) is 0 Å². The summed E-state index contributed by atoms with van der Waals surface area (Å²) >= 11 is 0. The first-order valence-electron chi connectivity index (χ1n) is 7.17. The first kappa shape index (κ1) is 14.9. The van der Waals surface area contributed by atoms with E-state index in [4.69, 9.17) is 5.73 Å². The van der Waals surface area contributed by atoms with Gasteiger partial charge in [-0.2, -0.15) is 0 Å². The fourth-order valence-electron chi connectivity index (χ4n) is 2.72. The van der Waals surface area contributed by atoms with E-state index in [9.17, 15) is 0 Å². The average molecular weight is 241 g/mol. The molecule has 0 spiro atoms. The molecule has 0 radical (unpaired) electrons. The molecule has 1 rings (SSSR count). The van der Waals surface area contributed by atoms with Gasteiger partial charge in [-0.05, 0) is 58.4 Å². The molecule has 0 saturated carbocycles. The zero-order valence-electron chi connectivity index (χ0n) is 12.2. The van der Waals surface area contributed by atoms with Crippen LogP contribution in [0.2, 0.25) is 0 Å². The van der Waals surface area contributed by atoms with Crippen LogP contribution in [0.15, 0.2) is 0 Å². The summed E-state index contributed by atoms with van der Waals surface area (Å²) < 4.78 is 0. The van der Waals surface area contributed by atoms with Gasteiger partial charge in [0.15, 0.2) is 0 Å². The molecule has 102 valence electrons. The van der Waals surface area contributed by atoms with Gasteiger partial charge in [0.1, 0.15) is 0 Å². The molecule has 17 heavy (non-hydrogen) atoms. The Labute approximate surface area is 107 Å². The first-order chi connectivity index (χ1) is 8.04. The molecular weight excluding hydrogens is 210 g/mol. The zero-order chi connectivity index (χ0) is 12.9. The van der Waals surface area contributed by atoms with E-state index >= 15 is 0 Å². The molecule has 2 N–H and O–H groups in total. The monoisotopic (exact) mass is 241 g/mol. The van der Waals surface area contributed by atoms with Gasteiger partial charge in [-0.3, -0.25) is 4.90 Å². The Bertz CT molecular complexity index is 208. The topological polar surface area (TPSA) is 32.5 Å². The van der Waals surface area contributed by atoms with Crippen molar-refractivity contribution in [2.45, 2.75) is 45.6 Å². The van der Waals surface area contributed by atoms with Crippen molar-refractivity contribution >= 4 is 0 Å². The Kier molecular flexibility index (Phi) is 5.90. The molecule has 0 aromatic heterocycles. The molecule has 0 aliphatic carbocycles. The van der Waals surface area contributed by atoms with Crippen molar-refractivity contribution in [2.75, 3.05) is 39.8 Å². The normalized spacial score (nSPS) is 21.4. The van der Waals surface area contributed by atoms with Crippen LogP contribution in [-0.2, 0) is 0 Å². The van der Waals surface area contributed by atoms with E-state index in [1.165, 1.54) is 45.4 Å². The van der Waals surface area contributed by atoms with Crippen molar-refractivity contribution in [3.8, 4) is 0 Å². The highest BCUT2D eigenvalue weighted by molar-refractivity contribution is 4.95. The number of rotatable bonds is 6. The standard InChI is InChI=1S/C14H31N3/c1-5-17-10-7-14(12-15,8-11-17)16(4)9-6-13(2)3/h13H,5-12,15H2,1-4H3. The van der Waals surface area contributed by atoms with Crippen LogP contribution in [0.5, 0.6) is 0 Å². The quantitative estimate of drug-likeness (QED) is 0.769. The second kappa shape index (κ2) is 6.72. The fourth-order valence-corrected chi connectivity index (χ4v) is 2.72. The minimum Gasteiger partial charge on any atom is -0.329 e. The highest BCUT2D eigenvalue weighted by atomic mass is 15.2.